The molecule has 2 fully saturated rings. The van der Waals surface area contributed by atoms with E-state index in [0.717, 1.165) is 24.6 Å². The Kier molecular flexibility index (Phi) is 1.83. The molecule has 1 aromatic heterocycles. The highest BCUT2D eigenvalue weighted by Gasteiger charge is 2.58. The van der Waals surface area contributed by atoms with Crippen LogP contribution in [0.1, 0.15) is 25.5 Å². The molecule has 1 saturated heterocycles. The van der Waals surface area contributed by atoms with Crippen molar-refractivity contribution in [3.8, 4) is 0 Å². The first kappa shape index (κ1) is 10.00. The van der Waals surface area contributed by atoms with Gasteiger partial charge in [0.05, 0.1) is 5.69 Å². The minimum atomic E-state index is -0.927. The van der Waals surface area contributed by atoms with E-state index in [2.05, 4.69) is 14.9 Å². The monoisotopic (exact) mass is 221 g/mol. The predicted octanol–water partition coefficient (Wildman–Crippen LogP) is 2.11. The van der Waals surface area contributed by atoms with Gasteiger partial charge in [-0.1, -0.05) is 0 Å². The number of aryl methyl sites for hydroxylation is 1. The first-order valence-corrected chi connectivity index (χ1v) is 5.71. The third-order valence-corrected chi connectivity index (χ3v) is 3.69. The fourth-order valence-electron chi connectivity index (χ4n) is 3.36. The van der Waals surface area contributed by atoms with E-state index in [4.69, 9.17) is 0 Å². The first-order chi connectivity index (χ1) is 7.50. The summed E-state index contributed by atoms with van der Waals surface area (Å²) in [6.07, 6.45) is 4.83. The van der Waals surface area contributed by atoms with E-state index in [1.54, 1.807) is 19.3 Å². The zero-order valence-corrected chi connectivity index (χ0v) is 9.70. The van der Waals surface area contributed by atoms with Gasteiger partial charge in [-0.05, 0) is 26.7 Å². The smallest absolute Gasteiger partial charge is 0.150 e. The lowest BCUT2D eigenvalue weighted by Crippen LogP contribution is -2.66. The second-order valence-electron chi connectivity index (χ2n) is 5.59. The van der Waals surface area contributed by atoms with Crippen LogP contribution < -0.4 is 4.90 Å². The van der Waals surface area contributed by atoms with Crippen LogP contribution in [-0.2, 0) is 0 Å². The lowest BCUT2D eigenvalue weighted by molar-refractivity contribution is -0.0714. The van der Waals surface area contributed by atoms with E-state index in [-0.39, 0.29) is 5.41 Å². The summed E-state index contributed by atoms with van der Waals surface area (Å²) in [5.74, 6) is 0.959. The Bertz CT molecular complexity index is 414. The van der Waals surface area contributed by atoms with Gasteiger partial charge in [0, 0.05) is 30.9 Å². The summed E-state index contributed by atoms with van der Waals surface area (Å²) in [6.45, 7) is 5.54. The standard InChI is InChI=1S/C12H16FN3/c1-9-10(15-4-3-14-9)16-7-12(8-16)5-11(2,13)6-12/h3-4H,5-8H2,1-2H3. The molecule has 1 aliphatic carbocycles. The minimum Gasteiger partial charge on any atom is -0.354 e. The van der Waals surface area contributed by atoms with Crippen molar-refractivity contribution < 1.29 is 4.39 Å². The number of rotatable bonds is 1. The Morgan fingerprint density at radius 2 is 1.88 bits per heavy atom. The predicted molar refractivity (Wildman–Crippen MR) is 60.2 cm³/mol. The number of aromatic nitrogens is 2. The van der Waals surface area contributed by atoms with Crippen molar-refractivity contribution in [1.82, 2.24) is 9.97 Å². The van der Waals surface area contributed by atoms with Gasteiger partial charge >= 0.3 is 0 Å². The molecule has 0 bridgehead atoms. The van der Waals surface area contributed by atoms with Gasteiger partial charge in [-0.25, -0.2) is 9.37 Å². The Labute approximate surface area is 94.7 Å². The molecule has 1 spiro atoms. The van der Waals surface area contributed by atoms with Crippen LogP contribution in [0.5, 0.6) is 0 Å². The normalized spacial score (nSPS) is 25.1. The van der Waals surface area contributed by atoms with Crippen LogP contribution in [0.25, 0.3) is 0 Å². The fourth-order valence-corrected chi connectivity index (χ4v) is 3.36. The molecule has 0 radical (unpaired) electrons. The van der Waals surface area contributed by atoms with E-state index in [0.29, 0.717) is 12.8 Å². The molecular formula is C12H16FN3. The molecule has 3 nitrogen and oxygen atoms in total. The molecular weight excluding hydrogens is 205 g/mol. The summed E-state index contributed by atoms with van der Waals surface area (Å²) in [7, 11) is 0. The zero-order valence-electron chi connectivity index (χ0n) is 9.70. The third-order valence-electron chi connectivity index (χ3n) is 3.69. The molecule has 1 aromatic rings. The van der Waals surface area contributed by atoms with E-state index in [1.807, 2.05) is 6.92 Å². The van der Waals surface area contributed by atoms with Crippen LogP contribution >= 0.6 is 0 Å². The van der Waals surface area contributed by atoms with Crippen molar-refractivity contribution in [2.45, 2.75) is 32.4 Å². The van der Waals surface area contributed by atoms with Crippen molar-refractivity contribution in [3.63, 3.8) is 0 Å². The van der Waals surface area contributed by atoms with Crippen LogP contribution in [0.3, 0.4) is 0 Å². The summed E-state index contributed by atoms with van der Waals surface area (Å²) in [5, 5.41) is 0. The maximum absolute atomic E-state index is 13.5. The maximum Gasteiger partial charge on any atom is 0.150 e. The molecule has 16 heavy (non-hydrogen) atoms. The summed E-state index contributed by atoms with van der Waals surface area (Å²) in [5.41, 5.74) is 0.261. The largest absolute Gasteiger partial charge is 0.354 e. The van der Waals surface area contributed by atoms with Crippen molar-refractivity contribution in [1.29, 1.82) is 0 Å². The Morgan fingerprint density at radius 1 is 1.25 bits per heavy atom. The lowest BCUT2D eigenvalue weighted by Gasteiger charge is -2.61. The van der Waals surface area contributed by atoms with Crippen molar-refractivity contribution in [2.75, 3.05) is 18.0 Å². The minimum absolute atomic E-state index is 0.230. The Morgan fingerprint density at radius 3 is 2.44 bits per heavy atom. The highest BCUT2D eigenvalue weighted by Crippen LogP contribution is 2.56. The van der Waals surface area contributed by atoms with Crippen LogP contribution in [0, 0.1) is 12.3 Å². The van der Waals surface area contributed by atoms with Crippen molar-refractivity contribution in [2.24, 2.45) is 5.41 Å². The summed E-state index contributed by atoms with van der Waals surface area (Å²) >= 11 is 0. The average molecular weight is 221 g/mol. The average Bonchev–Trinajstić information content (AvgIpc) is 2.11. The van der Waals surface area contributed by atoms with Crippen molar-refractivity contribution in [3.05, 3.63) is 18.1 Å². The van der Waals surface area contributed by atoms with Gasteiger partial charge in [0.25, 0.3) is 0 Å². The van der Waals surface area contributed by atoms with Gasteiger partial charge in [-0.15, -0.1) is 0 Å². The number of alkyl halides is 1. The second-order valence-corrected chi connectivity index (χ2v) is 5.59. The van der Waals surface area contributed by atoms with E-state index in [1.165, 1.54) is 0 Å². The highest BCUT2D eigenvalue weighted by atomic mass is 19.1. The van der Waals surface area contributed by atoms with Crippen LogP contribution in [-0.4, -0.2) is 28.7 Å². The molecule has 86 valence electrons. The third kappa shape index (κ3) is 1.39. The quantitative estimate of drug-likeness (QED) is 0.727. The number of nitrogens with zero attached hydrogens (tertiary/aromatic N) is 3. The molecule has 0 unspecified atom stereocenters. The Balaban J connectivity index is 1.69. The number of halogens is 1. The molecule has 3 rings (SSSR count). The molecule has 4 heteroatoms. The topological polar surface area (TPSA) is 29.0 Å². The number of anilines is 1. The van der Waals surface area contributed by atoms with Crippen LogP contribution in [0.15, 0.2) is 12.4 Å². The zero-order chi connectivity index (χ0) is 11.4. The second kappa shape index (κ2) is 2.93. The Hall–Kier alpha value is -1.19. The van der Waals surface area contributed by atoms with Crippen molar-refractivity contribution >= 4 is 5.82 Å². The molecule has 0 aromatic carbocycles. The highest BCUT2D eigenvalue weighted by molar-refractivity contribution is 5.47. The molecule has 1 saturated carbocycles. The van der Waals surface area contributed by atoms with Gasteiger partial charge < -0.3 is 4.90 Å². The van der Waals surface area contributed by atoms with Gasteiger partial charge in [0.2, 0.25) is 0 Å². The van der Waals surface area contributed by atoms with Crippen LogP contribution in [0.2, 0.25) is 0 Å². The summed E-state index contributed by atoms with van der Waals surface area (Å²) in [4.78, 5) is 10.8. The molecule has 0 amide bonds. The number of hydrogen-bond donors (Lipinski definition) is 0. The van der Waals surface area contributed by atoms with Gasteiger partial charge in [-0.3, -0.25) is 4.98 Å². The molecule has 0 atom stereocenters. The molecule has 0 N–H and O–H groups in total. The summed E-state index contributed by atoms with van der Waals surface area (Å²) in [6, 6.07) is 0. The van der Waals surface area contributed by atoms with E-state index < -0.39 is 5.67 Å². The van der Waals surface area contributed by atoms with E-state index >= 15 is 0 Å². The van der Waals surface area contributed by atoms with E-state index in [9.17, 15) is 4.39 Å². The molecule has 2 heterocycles. The number of hydrogen-bond acceptors (Lipinski definition) is 3. The lowest BCUT2D eigenvalue weighted by atomic mass is 9.57. The summed E-state index contributed by atoms with van der Waals surface area (Å²) < 4.78 is 13.5. The maximum atomic E-state index is 13.5. The molecule has 1 aliphatic heterocycles. The SMILES string of the molecule is Cc1nccnc1N1CC2(C1)CC(C)(F)C2. The van der Waals surface area contributed by atoms with Gasteiger partial charge in [-0.2, -0.15) is 0 Å². The molecule has 2 aliphatic rings. The van der Waals surface area contributed by atoms with Gasteiger partial charge in [0.1, 0.15) is 11.5 Å². The fraction of sp³-hybridized carbons (Fsp3) is 0.667. The van der Waals surface area contributed by atoms with Gasteiger partial charge in [0.15, 0.2) is 0 Å². The first-order valence-electron chi connectivity index (χ1n) is 5.71. The van der Waals surface area contributed by atoms with Crippen LogP contribution in [0.4, 0.5) is 10.2 Å².